The van der Waals surface area contributed by atoms with Crippen LogP contribution in [0.15, 0.2) is 84.9 Å². The molecule has 1 unspecified atom stereocenters. The van der Waals surface area contributed by atoms with E-state index < -0.39 is 6.10 Å². The summed E-state index contributed by atoms with van der Waals surface area (Å²) < 4.78 is 1.82. The third-order valence-corrected chi connectivity index (χ3v) is 4.37. The number of hydrogen-bond donors (Lipinski definition) is 1. The third kappa shape index (κ3) is 2.91. The summed E-state index contributed by atoms with van der Waals surface area (Å²) in [6.07, 6.45) is -0.671. The molecular formula is C22H19N3O. The summed E-state index contributed by atoms with van der Waals surface area (Å²) in [5, 5.41) is 19.3. The third-order valence-electron chi connectivity index (χ3n) is 4.37. The van der Waals surface area contributed by atoms with Gasteiger partial charge in [-0.05, 0) is 24.6 Å². The van der Waals surface area contributed by atoms with Crippen molar-refractivity contribution in [3.63, 3.8) is 0 Å². The average molecular weight is 341 g/mol. The molecule has 4 heteroatoms. The van der Waals surface area contributed by atoms with E-state index >= 15 is 0 Å². The van der Waals surface area contributed by atoms with Crippen LogP contribution < -0.4 is 0 Å². The Balaban J connectivity index is 2.09. The number of rotatable bonds is 4. The van der Waals surface area contributed by atoms with Gasteiger partial charge in [-0.15, -0.1) is 5.10 Å². The second-order valence-corrected chi connectivity index (χ2v) is 6.16. The van der Waals surface area contributed by atoms with Crippen LogP contribution in [0.3, 0.4) is 0 Å². The molecule has 0 radical (unpaired) electrons. The first kappa shape index (κ1) is 16.2. The molecule has 1 N–H and O–H groups in total. The summed E-state index contributed by atoms with van der Waals surface area (Å²) in [6, 6.07) is 27.8. The predicted molar refractivity (Wildman–Crippen MR) is 104 cm³/mol. The number of benzene rings is 3. The monoisotopic (exact) mass is 341 g/mol. The maximum Gasteiger partial charge on any atom is 0.113 e. The summed E-state index contributed by atoms with van der Waals surface area (Å²) in [6.45, 7) is 1.78. The van der Waals surface area contributed by atoms with E-state index in [1.165, 1.54) is 0 Å². The lowest BCUT2D eigenvalue weighted by Crippen LogP contribution is -2.12. The van der Waals surface area contributed by atoms with Crippen LogP contribution in [0.5, 0.6) is 0 Å². The van der Waals surface area contributed by atoms with Gasteiger partial charge in [0.1, 0.15) is 5.52 Å². The largest absolute Gasteiger partial charge is 0.389 e. The van der Waals surface area contributed by atoms with Gasteiger partial charge in [0.15, 0.2) is 0 Å². The summed E-state index contributed by atoms with van der Waals surface area (Å²) >= 11 is 0. The lowest BCUT2D eigenvalue weighted by molar-refractivity contribution is 0.253. The van der Waals surface area contributed by atoms with Crippen molar-refractivity contribution in [2.24, 2.45) is 0 Å². The van der Waals surface area contributed by atoms with E-state index in [0.29, 0.717) is 0 Å². The highest BCUT2D eigenvalue weighted by atomic mass is 16.3. The number of para-hydroxylation sites is 1. The van der Waals surface area contributed by atoms with Gasteiger partial charge in [0.25, 0.3) is 0 Å². The van der Waals surface area contributed by atoms with Gasteiger partial charge < -0.3 is 5.11 Å². The van der Waals surface area contributed by atoms with Crippen LogP contribution in [-0.4, -0.2) is 26.2 Å². The second kappa shape index (κ2) is 6.94. The molecule has 0 saturated carbocycles. The molecule has 0 aliphatic heterocycles. The number of hydrogen-bond acceptors (Lipinski definition) is 3. The van der Waals surface area contributed by atoms with E-state index in [0.717, 1.165) is 33.4 Å². The molecule has 1 heterocycles. The minimum absolute atomic E-state index is 0.671. The van der Waals surface area contributed by atoms with Crippen LogP contribution in [-0.2, 0) is 0 Å². The molecular weight excluding hydrogens is 322 g/mol. The van der Waals surface area contributed by atoms with E-state index in [2.05, 4.69) is 10.3 Å². The predicted octanol–water partition coefficient (Wildman–Crippen LogP) is 4.23. The topological polar surface area (TPSA) is 50.9 Å². The summed E-state index contributed by atoms with van der Waals surface area (Å²) in [4.78, 5) is 0. The van der Waals surface area contributed by atoms with Crippen molar-refractivity contribution in [1.82, 2.24) is 15.0 Å². The van der Waals surface area contributed by atoms with Gasteiger partial charge >= 0.3 is 0 Å². The molecule has 4 aromatic rings. The van der Waals surface area contributed by atoms with Crippen molar-refractivity contribution in [2.75, 3.05) is 0 Å². The van der Waals surface area contributed by atoms with Crippen molar-refractivity contribution in [2.45, 2.75) is 13.0 Å². The van der Waals surface area contributed by atoms with Gasteiger partial charge in [-0.2, -0.15) is 0 Å². The minimum atomic E-state index is -0.671. The van der Waals surface area contributed by atoms with E-state index in [1.54, 1.807) is 6.92 Å². The lowest BCUT2D eigenvalue weighted by Gasteiger charge is -2.19. The Morgan fingerprint density at radius 1 is 0.808 bits per heavy atom. The smallest absolute Gasteiger partial charge is 0.113 e. The van der Waals surface area contributed by atoms with Crippen molar-refractivity contribution in [1.29, 1.82) is 0 Å². The van der Waals surface area contributed by atoms with E-state index in [9.17, 15) is 5.11 Å². The number of fused-ring (bicyclic) bond motifs is 1. The molecule has 128 valence electrons. The Kier molecular flexibility index (Phi) is 4.33. The Labute approximate surface area is 152 Å². The molecule has 0 bridgehead atoms. The van der Waals surface area contributed by atoms with Crippen LogP contribution in [0.4, 0.5) is 0 Å². The van der Waals surface area contributed by atoms with E-state index in [1.807, 2.05) is 89.6 Å². The second-order valence-electron chi connectivity index (χ2n) is 6.16. The van der Waals surface area contributed by atoms with E-state index in [4.69, 9.17) is 0 Å². The molecule has 0 spiro atoms. The van der Waals surface area contributed by atoms with Crippen LogP contribution in [0, 0.1) is 0 Å². The quantitative estimate of drug-likeness (QED) is 0.565. The highest BCUT2D eigenvalue weighted by Crippen LogP contribution is 2.31. The van der Waals surface area contributed by atoms with Gasteiger partial charge in [0.2, 0.25) is 0 Å². The highest BCUT2D eigenvalue weighted by molar-refractivity contribution is 5.95. The zero-order valence-electron chi connectivity index (χ0n) is 14.4. The van der Waals surface area contributed by atoms with Crippen LogP contribution >= 0.6 is 0 Å². The maximum atomic E-state index is 10.6. The lowest BCUT2D eigenvalue weighted by atomic mass is 9.95. The van der Waals surface area contributed by atoms with Gasteiger partial charge in [-0.1, -0.05) is 78.0 Å². The van der Waals surface area contributed by atoms with Gasteiger partial charge in [0.05, 0.1) is 17.3 Å². The zero-order valence-corrected chi connectivity index (χ0v) is 14.4. The van der Waals surface area contributed by atoms with Crippen LogP contribution in [0.2, 0.25) is 0 Å². The molecule has 1 aromatic heterocycles. The molecule has 4 rings (SSSR count). The first-order valence-corrected chi connectivity index (χ1v) is 8.59. The summed E-state index contributed by atoms with van der Waals surface area (Å²) in [5.74, 6) is 0. The fraction of sp³-hybridized carbons (Fsp3) is 0.0909. The summed E-state index contributed by atoms with van der Waals surface area (Å²) in [5.41, 5.74) is 5.30. The summed E-state index contributed by atoms with van der Waals surface area (Å²) in [7, 11) is 0. The molecule has 1 atom stereocenters. The first-order valence-electron chi connectivity index (χ1n) is 8.59. The van der Waals surface area contributed by atoms with Crippen molar-refractivity contribution < 1.29 is 5.11 Å². The fourth-order valence-corrected chi connectivity index (χ4v) is 3.22. The number of aliphatic hydroxyl groups is 1. The first-order chi connectivity index (χ1) is 12.8. The standard InChI is InChI=1S/C22H19N3O/c1-16(26)21(17-10-4-2-5-11-17)22(18-12-6-3-7-13-18)25-20-15-9-8-14-19(20)23-24-25/h2-16,26H,1H3/b22-21+. The molecule has 0 aliphatic rings. The normalized spacial score (nSPS) is 13.5. The SMILES string of the molecule is CC(O)/C(=C(/c1ccccc1)n1nnc2ccccc21)c1ccccc1. The fourth-order valence-electron chi connectivity index (χ4n) is 3.22. The molecule has 0 fully saturated rings. The Morgan fingerprint density at radius 2 is 1.38 bits per heavy atom. The van der Waals surface area contributed by atoms with Gasteiger partial charge in [-0.3, -0.25) is 0 Å². The Morgan fingerprint density at radius 3 is 2.04 bits per heavy atom. The maximum absolute atomic E-state index is 10.6. The molecule has 0 aliphatic carbocycles. The Hall–Kier alpha value is -3.24. The van der Waals surface area contributed by atoms with Crippen molar-refractivity contribution in [3.8, 4) is 0 Å². The average Bonchev–Trinajstić information content (AvgIpc) is 3.11. The van der Waals surface area contributed by atoms with Crippen molar-refractivity contribution in [3.05, 3.63) is 96.1 Å². The Bertz CT molecular complexity index is 1050. The molecule has 4 nitrogen and oxygen atoms in total. The number of aliphatic hydroxyl groups excluding tert-OH is 1. The van der Waals surface area contributed by atoms with Crippen molar-refractivity contribution >= 4 is 22.3 Å². The highest BCUT2D eigenvalue weighted by Gasteiger charge is 2.20. The minimum Gasteiger partial charge on any atom is -0.389 e. The van der Waals surface area contributed by atoms with E-state index in [-0.39, 0.29) is 0 Å². The van der Waals surface area contributed by atoms with Gasteiger partial charge in [0, 0.05) is 11.1 Å². The zero-order chi connectivity index (χ0) is 17.9. The van der Waals surface area contributed by atoms with Gasteiger partial charge in [-0.25, -0.2) is 4.68 Å². The number of aromatic nitrogens is 3. The molecule has 0 amide bonds. The van der Waals surface area contributed by atoms with Crippen LogP contribution in [0.25, 0.3) is 22.3 Å². The number of nitrogens with zero attached hydrogens (tertiary/aromatic N) is 3. The van der Waals surface area contributed by atoms with Crippen LogP contribution in [0.1, 0.15) is 18.1 Å². The molecule has 3 aromatic carbocycles. The molecule has 26 heavy (non-hydrogen) atoms. The molecule has 0 saturated heterocycles.